The number of sulfonamides is 1. The highest BCUT2D eigenvalue weighted by Crippen LogP contribution is 2.54. The van der Waals surface area contributed by atoms with Crippen LogP contribution in [-0.4, -0.2) is 50.1 Å². The zero-order valence-corrected chi connectivity index (χ0v) is 26.4. The van der Waals surface area contributed by atoms with Crippen LogP contribution in [0.2, 0.25) is 5.02 Å². The Bertz CT molecular complexity index is 1990. The number of aromatic amines is 1. The summed E-state index contributed by atoms with van der Waals surface area (Å²) >= 11 is 8.47. The van der Waals surface area contributed by atoms with Crippen molar-refractivity contribution in [3.05, 3.63) is 91.9 Å². The Labute approximate surface area is 269 Å². The lowest BCUT2D eigenvalue weighted by Crippen LogP contribution is -2.32. The molecular weight excluding hydrogens is 664 g/mol. The first-order valence-corrected chi connectivity index (χ1v) is 16.8. The van der Waals surface area contributed by atoms with Crippen LogP contribution >= 0.6 is 34.7 Å². The highest BCUT2D eigenvalue weighted by molar-refractivity contribution is 8.00. The van der Waals surface area contributed by atoms with Gasteiger partial charge in [-0.15, -0.1) is 0 Å². The van der Waals surface area contributed by atoms with Gasteiger partial charge in [0.25, 0.3) is 5.91 Å². The molecule has 3 amide bonds. The molecule has 1 fully saturated rings. The van der Waals surface area contributed by atoms with Gasteiger partial charge >= 0.3 is 4.87 Å². The van der Waals surface area contributed by atoms with Gasteiger partial charge in [0.1, 0.15) is 16.7 Å². The minimum atomic E-state index is -3.89. The van der Waals surface area contributed by atoms with Crippen LogP contribution in [0.1, 0.15) is 16.4 Å². The average molecular weight is 687 g/mol. The number of nitrogens with two attached hydrogens (primary N) is 1. The number of imide groups is 1. The zero-order valence-electron chi connectivity index (χ0n) is 23.2. The van der Waals surface area contributed by atoms with Crippen molar-refractivity contribution in [1.82, 2.24) is 4.98 Å². The van der Waals surface area contributed by atoms with Crippen molar-refractivity contribution in [2.75, 3.05) is 23.9 Å². The summed E-state index contributed by atoms with van der Waals surface area (Å²) in [6.07, 6.45) is 0. The van der Waals surface area contributed by atoms with Crippen LogP contribution in [-0.2, 0) is 24.4 Å². The molecule has 4 N–H and O–H groups in total. The van der Waals surface area contributed by atoms with Crippen molar-refractivity contribution >= 4 is 73.8 Å². The Balaban J connectivity index is 1.31. The summed E-state index contributed by atoms with van der Waals surface area (Å²) in [4.78, 5) is 57.1. The Hall–Kier alpha value is -4.15. The molecule has 1 aromatic heterocycles. The number of hydrogen-bond acceptors (Lipinski definition) is 10. The van der Waals surface area contributed by atoms with Gasteiger partial charge in [0.2, 0.25) is 21.8 Å². The van der Waals surface area contributed by atoms with E-state index in [9.17, 15) is 27.6 Å². The SMILES string of the molecule is COc1ccc(N2C(=O)C3Sc4[nH]c(=O)sc4C(c4cc(Cl)ccc4OCC(=O)Nc4ccc(S(N)(=O)=O)cc4)C3C2=O)cc1. The molecule has 12 nitrogen and oxygen atoms in total. The van der Waals surface area contributed by atoms with Gasteiger partial charge in [0, 0.05) is 27.1 Å². The van der Waals surface area contributed by atoms with Gasteiger partial charge in [0.15, 0.2) is 6.61 Å². The van der Waals surface area contributed by atoms with Crippen molar-refractivity contribution in [2.45, 2.75) is 21.1 Å². The number of H-pyrrole nitrogens is 1. The maximum atomic E-state index is 14.1. The molecule has 0 spiro atoms. The van der Waals surface area contributed by atoms with Crippen LogP contribution in [0.5, 0.6) is 11.5 Å². The van der Waals surface area contributed by atoms with E-state index in [-0.39, 0.29) is 15.5 Å². The number of thioether (sulfide) groups is 1. The molecular formula is C29H23ClN4O8S3. The number of benzene rings is 3. The molecule has 0 radical (unpaired) electrons. The van der Waals surface area contributed by atoms with Crippen LogP contribution in [0.25, 0.3) is 0 Å². The summed E-state index contributed by atoms with van der Waals surface area (Å²) < 4.78 is 34.1. The number of amides is 3. The highest BCUT2D eigenvalue weighted by atomic mass is 35.5. The van der Waals surface area contributed by atoms with E-state index in [1.807, 2.05) is 0 Å². The minimum Gasteiger partial charge on any atom is -0.497 e. The summed E-state index contributed by atoms with van der Waals surface area (Å²) in [5.74, 6) is -2.35. The van der Waals surface area contributed by atoms with E-state index in [0.29, 0.717) is 37.6 Å². The number of aromatic nitrogens is 1. The number of halogens is 1. The fourth-order valence-electron chi connectivity index (χ4n) is 5.30. The molecule has 3 unspecified atom stereocenters. The van der Waals surface area contributed by atoms with Gasteiger partial charge in [0.05, 0.1) is 28.6 Å². The van der Waals surface area contributed by atoms with Crippen molar-refractivity contribution in [1.29, 1.82) is 0 Å². The van der Waals surface area contributed by atoms with Crippen LogP contribution < -0.4 is 29.7 Å². The number of primary sulfonamides is 1. The molecule has 4 aromatic rings. The molecule has 0 aliphatic carbocycles. The first kappa shape index (κ1) is 30.9. The monoisotopic (exact) mass is 686 g/mol. The first-order valence-electron chi connectivity index (χ1n) is 13.2. The van der Waals surface area contributed by atoms with Gasteiger partial charge in [-0.25, -0.2) is 18.5 Å². The van der Waals surface area contributed by atoms with Crippen molar-refractivity contribution < 1.29 is 32.3 Å². The van der Waals surface area contributed by atoms with Gasteiger partial charge < -0.3 is 19.8 Å². The van der Waals surface area contributed by atoms with Crippen molar-refractivity contribution in [3.8, 4) is 11.5 Å². The molecule has 232 valence electrons. The topological polar surface area (TPSA) is 178 Å². The Morgan fingerprint density at radius 2 is 1.76 bits per heavy atom. The number of hydrogen-bond donors (Lipinski definition) is 3. The Morgan fingerprint density at radius 1 is 1.04 bits per heavy atom. The Kier molecular flexibility index (Phi) is 8.22. The van der Waals surface area contributed by atoms with E-state index in [0.717, 1.165) is 28.0 Å². The van der Waals surface area contributed by atoms with E-state index in [2.05, 4.69) is 10.3 Å². The van der Waals surface area contributed by atoms with Crippen molar-refractivity contribution in [3.63, 3.8) is 0 Å². The predicted octanol–water partition coefficient (Wildman–Crippen LogP) is 3.56. The molecule has 2 aliphatic rings. The highest BCUT2D eigenvalue weighted by Gasteiger charge is 2.56. The third-order valence-electron chi connectivity index (χ3n) is 7.29. The molecule has 3 heterocycles. The number of fused-ring (bicyclic) bond motifs is 2. The molecule has 2 aliphatic heterocycles. The van der Waals surface area contributed by atoms with E-state index < -0.39 is 51.4 Å². The summed E-state index contributed by atoms with van der Waals surface area (Å²) in [6, 6.07) is 16.6. The third kappa shape index (κ3) is 5.96. The van der Waals surface area contributed by atoms with Gasteiger partial charge in [-0.2, -0.15) is 0 Å². The lowest BCUT2D eigenvalue weighted by atomic mass is 9.82. The fourth-order valence-corrected chi connectivity index (χ4v) is 8.50. The van der Waals surface area contributed by atoms with Crippen LogP contribution in [0.15, 0.2) is 81.4 Å². The normalized spacial score (nSPS) is 19.2. The Morgan fingerprint density at radius 3 is 2.42 bits per heavy atom. The number of nitrogens with one attached hydrogen (secondary N) is 2. The smallest absolute Gasteiger partial charge is 0.305 e. The van der Waals surface area contributed by atoms with Crippen molar-refractivity contribution in [2.24, 2.45) is 11.1 Å². The first-order chi connectivity index (χ1) is 21.4. The second kappa shape index (κ2) is 12.0. The second-order valence-electron chi connectivity index (χ2n) is 10.0. The van der Waals surface area contributed by atoms with E-state index >= 15 is 0 Å². The maximum Gasteiger partial charge on any atom is 0.305 e. The molecule has 3 atom stereocenters. The van der Waals surface area contributed by atoms with Gasteiger partial charge in [-0.1, -0.05) is 34.7 Å². The molecule has 6 rings (SSSR count). The fraction of sp³-hybridized carbons (Fsp3) is 0.172. The summed E-state index contributed by atoms with van der Waals surface area (Å²) in [6.45, 7) is -0.456. The molecule has 0 saturated carbocycles. The van der Waals surface area contributed by atoms with E-state index in [4.69, 9.17) is 26.2 Å². The van der Waals surface area contributed by atoms with Crippen LogP contribution in [0.3, 0.4) is 0 Å². The molecule has 3 aromatic carbocycles. The zero-order chi connectivity index (χ0) is 32.0. The average Bonchev–Trinajstić information content (AvgIpc) is 3.50. The number of thiazole rings is 1. The summed E-state index contributed by atoms with van der Waals surface area (Å²) in [5.41, 5.74) is 1.12. The minimum absolute atomic E-state index is 0.108. The number of carbonyl (C=O) groups is 3. The maximum absolute atomic E-state index is 14.1. The van der Waals surface area contributed by atoms with E-state index in [1.54, 1.807) is 42.5 Å². The van der Waals surface area contributed by atoms with Crippen LogP contribution in [0, 0.1) is 5.92 Å². The molecule has 0 bridgehead atoms. The lowest BCUT2D eigenvalue weighted by molar-refractivity contribution is -0.122. The number of nitrogens with zero attached hydrogens (tertiary/aromatic N) is 1. The lowest BCUT2D eigenvalue weighted by Gasteiger charge is -2.31. The second-order valence-corrected chi connectivity index (χ2v) is 14.2. The number of methoxy groups -OCH3 is 1. The third-order valence-corrected chi connectivity index (χ3v) is 10.9. The summed E-state index contributed by atoms with van der Waals surface area (Å²) in [7, 11) is -2.38. The van der Waals surface area contributed by atoms with Gasteiger partial charge in [-0.05, 0) is 66.7 Å². The largest absolute Gasteiger partial charge is 0.497 e. The number of carbonyl (C=O) groups excluding carboxylic acids is 3. The van der Waals surface area contributed by atoms with Crippen LogP contribution in [0.4, 0.5) is 11.4 Å². The molecule has 1 saturated heterocycles. The van der Waals surface area contributed by atoms with E-state index in [1.165, 1.54) is 31.4 Å². The standard InChI is InChI=1S/C29H23ClN4O8S3/c1-41-17-7-5-16(6-8-17)34-27(36)23-22(24-26(33-29(38)44-24)43-25(23)28(34)37)19-12-14(30)2-11-20(19)42-13-21(35)32-15-3-9-18(10-4-15)45(31,39)40/h2-12,22-23,25H,13H2,1H3,(H,32,35)(H,33,38)(H2,31,39,40). The summed E-state index contributed by atoms with van der Waals surface area (Å²) in [5, 5.41) is 7.68. The quantitative estimate of drug-likeness (QED) is 0.234. The predicted molar refractivity (Wildman–Crippen MR) is 169 cm³/mol. The van der Waals surface area contributed by atoms with Gasteiger partial charge in [-0.3, -0.25) is 19.2 Å². The number of rotatable bonds is 8. The molecule has 45 heavy (non-hydrogen) atoms. The molecule has 16 heteroatoms. The number of anilines is 2. The number of ether oxygens (including phenoxy) is 2.